The molecule has 0 radical (unpaired) electrons. The molecule has 0 aliphatic rings. The summed E-state index contributed by atoms with van der Waals surface area (Å²) in [5.41, 5.74) is 6.28. The van der Waals surface area contributed by atoms with Crippen molar-refractivity contribution in [1.29, 1.82) is 0 Å². The normalized spacial score (nSPS) is 10.9. The first-order valence-electron chi connectivity index (χ1n) is 5.50. The highest BCUT2D eigenvalue weighted by molar-refractivity contribution is 5.53. The van der Waals surface area contributed by atoms with Crippen LogP contribution in [-0.4, -0.2) is 15.0 Å². The number of hydrogen-bond acceptors (Lipinski definition) is 4. The number of H-pyrrole nitrogens is 1. The first-order valence-corrected chi connectivity index (χ1v) is 5.50. The maximum Gasteiger partial charge on any atom is 0.256 e. The van der Waals surface area contributed by atoms with Crippen molar-refractivity contribution in [2.75, 3.05) is 5.73 Å². The Kier molecular flexibility index (Phi) is 3.10. The van der Waals surface area contributed by atoms with Gasteiger partial charge in [0.05, 0.1) is 11.8 Å². The number of aromatic amines is 1. The van der Waals surface area contributed by atoms with Gasteiger partial charge in [-0.3, -0.25) is 4.79 Å². The standard InChI is InChI=1S/C12H13FN4O/c1-6(2)9-10(14)16-11(17-12(9)18)8-4-3-7(13)5-15-8/h3-6H,1-2H3,(H3,14,16,17,18). The Morgan fingerprint density at radius 2 is 2.11 bits per heavy atom. The lowest BCUT2D eigenvalue weighted by Crippen LogP contribution is -2.19. The summed E-state index contributed by atoms with van der Waals surface area (Å²) in [5.74, 6) is -0.0545. The van der Waals surface area contributed by atoms with E-state index in [0.717, 1.165) is 6.20 Å². The topological polar surface area (TPSA) is 84.7 Å². The fourth-order valence-corrected chi connectivity index (χ4v) is 1.69. The lowest BCUT2D eigenvalue weighted by molar-refractivity contribution is 0.621. The zero-order valence-corrected chi connectivity index (χ0v) is 10.1. The molecule has 0 amide bonds. The average molecular weight is 248 g/mol. The summed E-state index contributed by atoms with van der Waals surface area (Å²) in [4.78, 5) is 22.4. The van der Waals surface area contributed by atoms with Gasteiger partial charge in [-0.15, -0.1) is 0 Å². The average Bonchev–Trinajstić information content (AvgIpc) is 2.28. The number of hydrogen-bond donors (Lipinski definition) is 2. The van der Waals surface area contributed by atoms with E-state index in [-0.39, 0.29) is 23.1 Å². The van der Waals surface area contributed by atoms with Crippen LogP contribution in [0.3, 0.4) is 0 Å². The number of nitrogens with zero attached hydrogens (tertiary/aromatic N) is 2. The maximum atomic E-state index is 12.8. The van der Waals surface area contributed by atoms with E-state index < -0.39 is 5.82 Å². The van der Waals surface area contributed by atoms with E-state index in [1.807, 2.05) is 13.8 Å². The summed E-state index contributed by atoms with van der Waals surface area (Å²) in [7, 11) is 0. The van der Waals surface area contributed by atoms with Gasteiger partial charge in [0.15, 0.2) is 5.82 Å². The minimum absolute atomic E-state index is 0.0172. The Balaban J connectivity index is 2.55. The van der Waals surface area contributed by atoms with Crippen LogP contribution in [0.15, 0.2) is 23.1 Å². The van der Waals surface area contributed by atoms with Gasteiger partial charge in [0.2, 0.25) is 0 Å². The Morgan fingerprint density at radius 3 is 2.61 bits per heavy atom. The molecule has 0 bridgehead atoms. The summed E-state index contributed by atoms with van der Waals surface area (Å²) in [5, 5.41) is 0. The molecule has 0 spiro atoms. The highest BCUT2D eigenvalue weighted by Gasteiger charge is 2.13. The molecule has 0 unspecified atom stereocenters. The van der Waals surface area contributed by atoms with Crippen molar-refractivity contribution in [1.82, 2.24) is 15.0 Å². The van der Waals surface area contributed by atoms with Crippen LogP contribution in [0.25, 0.3) is 11.5 Å². The van der Waals surface area contributed by atoms with Crippen LogP contribution in [0.4, 0.5) is 10.2 Å². The van der Waals surface area contributed by atoms with Gasteiger partial charge in [0.25, 0.3) is 5.56 Å². The quantitative estimate of drug-likeness (QED) is 0.846. The van der Waals surface area contributed by atoms with Gasteiger partial charge in [-0.1, -0.05) is 13.8 Å². The first kappa shape index (κ1) is 12.2. The largest absolute Gasteiger partial charge is 0.383 e. The molecule has 0 fully saturated rings. The number of halogens is 1. The molecule has 5 nitrogen and oxygen atoms in total. The second-order valence-electron chi connectivity index (χ2n) is 4.23. The van der Waals surface area contributed by atoms with Crippen LogP contribution >= 0.6 is 0 Å². The summed E-state index contributed by atoms with van der Waals surface area (Å²) in [6.45, 7) is 3.72. The number of aromatic nitrogens is 3. The van der Waals surface area contributed by atoms with Crippen molar-refractivity contribution >= 4 is 5.82 Å². The molecule has 0 saturated heterocycles. The van der Waals surface area contributed by atoms with Gasteiger partial charge in [-0.25, -0.2) is 14.4 Å². The minimum atomic E-state index is -0.451. The summed E-state index contributed by atoms with van der Waals surface area (Å²) >= 11 is 0. The molecule has 18 heavy (non-hydrogen) atoms. The Hall–Kier alpha value is -2.24. The molecular weight excluding hydrogens is 235 g/mol. The molecule has 2 aromatic rings. The van der Waals surface area contributed by atoms with Crippen LogP contribution in [0, 0.1) is 5.82 Å². The molecule has 0 aliphatic carbocycles. The molecular formula is C12H13FN4O. The Bertz CT molecular complexity index is 619. The third kappa shape index (κ3) is 2.22. The van der Waals surface area contributed by atoms with Crippen LogP contribution in [0.1, 0.15) is 25.3 Å². The van der Waals surface area contributed by atoms with Gasteiger partial charge >= 0.3 is 0 Å². The molecule has 2 heterocycles. The first-order chi connectivity index (χ1) is 8.49. The van der Waals surface area contributed by atoms with Gasteiger partial charge in [-0.05, 0) is 18.1 Å². The fraction of sp³-hybridized carbons (Fsp3) is 0.250. The van der Waals surface area contributed by atoms with Crippen molar-refractivity contribution in [3.63, 3.8) is 0 Å². The van der Waals surface area contributed by atoms with Crippen molar-refractivity contribution < 1.29 is 4.39 Å². The molecule has 6 heteroatoms. The number of nitrogens with two attached hydrogens (primary N) is 1. The van der Waals surface area contributed by atoms with Crippen LogP contribution in [0.2, 0.25) is 0 Å². The minimum Gasteiger partial charge on any atom is -0.383 e. The summed E-state index contributed by atoms with van der Waals surface area (Å²) in [6, 6.07) is 2.68. The van der Waals surface area contributed by atoms with Crippen molar-refractivity contribution in [2.45, 2.75) is 19.8 Å². The van der Waals surface area contributed by atoms with Crippen LogP contribution in [-0.2, 0) is 0 Å². The number of rotatable bonds is 2. The molecule has 3 N–H and O–H groups in total. The van der Waals surface area contributed by atoms with Crippen LogP contribution < -0.4 is 11.3 Å². The van der Waals surface area contributed by atoms with Crippen molar-refractivity contribution in [2.24, 2.45) is 0 Å². The zero-order valence-electron chi connectivity index (χ0n) is 10.1. The molecule has 0 atom stereocenters. The second kappa shape index (κ2) is 4.56. The number of pyridine rings is 1. The SMILES string of the molecule is CC(C)c1c(N)nc(-c2ccc(F)cn2)[nH]c1=O. The predicted molar refractivity (Wildman–Crippen MR) is 66.5 cm³/mol. The monoisotopic (exact) mass is 248 g/mol. The van der Waals surface area contributed by atoms with E-state index in [1.54, 1.807) is 0 Å². The van der Waals surface area contributed by atoms with Crippen molar-refractivity contribution in [3.8, 4) is 11.5 Å². The Labute approximate surface area is 103 Å². The van der Waals surface area contributed by atoms with Gasteiger partial charge in [0, 0.05) is 0 Å². The third-order valence-electron chi connectivity index (χ3n) is 2.53. The van der Waals surface area contributed by atoms with Gasteiger partial charge in [-0.2, -0.15) is 0 Å². The maximum absolute atomic E-state index is 12.8. The van der Waals surface area contributed by atoms with Gasteiger partial charge < -0.3 is 10.7 Å². The van der Waals surface area contributed by atoms with Crippen molar-refractivity contribution in [3.05, 3.63) is 40.1 Å². The molecule has 94 valence electrons. The number of nitrogens with one attached hydrogen (secondary N) is 1. The van der Waals surface area contributed by atoms with E-state index in [0.29, 0.717) is 11.3 Å². The van der Waals surface area contributed by atoms with E-state index in [4.69, 9.17) is 5.73 Å². The van der Waals surface area contributed by atoms with E-state index in [9.17, 15) is 9.18 Å². The lowest BCUT2D eigenvalue weighted by atomic mass is 10.1. The van der Waals surface area contributed by atoms with E-state index >= 15 is 0 Å². The second-order valence-corrected chi connectivity index (χ2v) is 4.23. The molecule has 0 saturated carbocycles. The molecule has 2 rings (SSSR count). The van der Waals surface area contributed by atoms with Crippen LogP contribution in [0.5, 0.6) is 0 Å². The fourth-order valence-electron chi connectivity index (χ4n) is 1.69. The number of anilines is 1. The summed E-state index contributed by atoms with van der Waals surface area (Å²) < 4.78 is 12.8. The molecule has 0 aliphatic heterocycles. The number of nitrogen functional groups attached to an aromatic ring is 1. The highest BCUT2D eigenvalue weighted by atomic mass is 19.1. The summed E-state index contributed by atoms with van der Waals surface area (Å²) in [6.07, 6.45) is 1.06. The Morgan fingerprint density at radius 1 is 1.39 bits per heavy atom. The van der Waals surface area contributed by atoms with Gasteiger partial charge in [0.1, 0.15) is 17.3 Å². The predicted octanol–water partition coefficient (Wildman–Crippen LogP) is 1.68. The van der Waals surface area contributed by atoms with E-state index in [2.05, 4.69) is 15.0 Å². The molecule has 2 aromatic heterocycles. The smallest absolute Gasteiger partial charge is 0.256 e. The van der Waals surface area contributed by atoms with E-state index in [1.165, 1.54) is 12.1 Å². The third-order valence-corrected chi connectivity index (χ3v) is 2.53. The molecule has 0 aromatic carbocycles. The highest BCUT2D eigenvalue weighted by Crippen LogP contribution is 2.18. The lowest BCUT2D eigenvalue weighted by Gasteiger charge is -2.08. The zero-order chi connectivity index (χ0) is 13.3.